The van der Waals surface area contributed by atoms with E-state index in [0.717, 1.165) is 29.2 Å². The van der Waals surface area contributed by atoms with E-state index in [1.54, 1.807) is 22.0 Å². The minimum atomic E-state index is -3.19. The van der Waals surface area contributed by atoms with E-state index in [0.29, 0.717) is 31.0 Å². The van der Waals surface area contributed by atoms with Crippen molar-refractivity contribution in [3.63, 3.8) is 0 Å². The molecule has 0 bridgehead atoms. The molecule has 35 heavy (non-hydrogen) atoms. The largest absolute Gasteiger partial charge is 0.342 e. The maximum Gasteiger partial charge on any atom is 0.257 e. The van der Waals surface area contributed by atoms with Crippen molar-refractivity contribution in [1.29, 1.82) is 0 Å². The number of alkyl halides is 2. The Kier molecular flexibility index (Phi) is 8.35. The van der Waals surface area contributed by atoms with E-state index < -0.39 is 22.8 Å². The number of fused-ring (bicyclic) bond motifs is 1. The first-order chi connectivity index (χ1) is 16.2. The Morgan fingerprint density at radius 2 is 2.06 bits per heavy atom. The fourth-order valence-electron chi connectivity index (χ4n) is 3.97. The van der Waals surface area contributed by atoms with Gasteiger partial charge >= 0.3 is 0 Å². The molecule has 3 aromatic heterocycles. The van der Waals surface area contributed by atoms with Gasteiger partial charge in [-0.1, -0.05) is 7.43 Å². The van der Waals surface area contributed by atoms with Crippen LogP contribution in [0, 0.1) is 5.92 Å². The van der Waals surface area contributed by atoms with Gasteiger partial charge in [0.1, 0.15) is 16.4 Å². The van der Waals surface area contributed by atoms with Gasteiger partial charge in [0, 0.05) is 44.7 Å². The minimum absolute atomic E-state index is 0. The highest BCUT2D eigenvalue weighted by Crippen LogP contribution is 2.22. The summed E-state index contributed by atoms with van der Waals surface area (Å²) in [5.41, 5.74) is 1.10. The lowest BCUT2D eigenvalue weighted by atomic mass is 9.98. The maximum atomic E-state index is 12.5. The van der Waals surface area contributed by atoms with Crippen LogP contribution in [0.15, 0.2) is 24.8 Å². The summed E-state index contributed by atoms with van der Waals surface area (Å²) in [6, 6.07) is 0. The lowest BCUT2D eigenvalue weighted by molar-refractivity contribution is -0.132. The normalized spacial score (nSPS) is 16.5. The first-order valence-electron chi connectivity index (χ1n) is 10.9. The number of halogens is 2. The molecule has 14 heteroatoms. The third-order valence-corrected chi connectivity index (χ3v) is 6.53. The summed E-state index contributed by atoms with van der Waals surface area (Å²) >= 11 is 0. The highest BCUT2D eigenvalue weighted by molar-refractivity contribution is 7.90. The summed E-state index contributed by atoms with van der Waals surface area (Å²) in [7, 11) is -3.19. The topological polar surface area (TPSA) is 128 Å². The van der Waals surface area contributed by atoms with Gasteiger partial charge < -0.3 is 10.2 Å². The molecule has 11 nitrogen and oxygen atoms in total. The number of rotatable bonds is 9. The third kappa shape index (κ3) is 7.16. The number of amides is 1. The number of sulfone groups is 1. The Morgan fingerprint density at radius 1 is 1.26 bits per heavy atom. The molecule has 0 spiro atoms. The van der Waals surface area contributed by atoms with Crippen LogP contribution in [-0.4, -0.2) is 80.3 Å². The lowest BCUT2D eigenvalue weighted by Crippen LogP contribution is -2.41. The van der Waals surface area contributed by atoms with Gasteiger partial charge in [-0.05, 0) is 18.8 Å². The standard InChI is InChI=1S/C20H26F2N8O3S.CH4/c1-34(32,33)6-4-18(31)28-5-2-3-14(10-28)11-30-19-15(8-25-30)7-23-20(27-19)26-16-9-24-29(12-16)13-17(21)22;/h7-9,12,14,17H,2-6,10-11,13H2,1H3,(H,23,26,27);1H4. The summed E-state index contributed by atoms with van der Waals surface area (Å²) in [6.07, 6.45) is 6.53. The van der Waals surface area contributed by atoms with Crippen LogP contribution in [-0.2, 0) is 27.7 Å². The van der Waals surface area contributed by atoms with E-state index in [1.807, 2.05) is 0 Å². The first-order valence-corrected chi connectivity index (χ1v) is 12.9. The van der Waals surface area contributed by atoms with Gasteiger partial charge in [-0.25, -0.2) is 26.9 Å². The van der Waals surface area contributed by atoms with Crippen molar-refractivity contribution in [2.24, 2.45) is 5.92 Å². The molecule has 0 saturated carbocycles. The molecule has 1 saturated heterocycles. The molecule has 4 heterocycles. The molecule has 3 aromatic rings. The second kappa shape index (κ2) is 11.1. The number of nitrogens with one attached hydrogen (secondary N) is 1. The summed E-state index contributed by atoms with van der Waals surface area (Å²) in [6.45, 7) is 1.20. The Labute approximate surface area is 202 Å². The number of hydrogen-bond donors (Lipinski definition) is 1. The van der Waals surface area contributed by atoms with Gasteiger partial charge in [0.05, 0.1) is 29.2 Å². The molecule has 1 unspecified atom stereocenters. The predicted octanol–water partition coefficient (Wildman–Crippen LogP) is 2.34. The Hall–Kier alpha value is -3.16. The fraction of sp³-hybridized carbons (Fsp3) is 0.571. The van der Waals surface area contributed by atoms with Gasteiger partial charge in [-0.2, -0.15) is 15.2 Å². The van der Waals surface area contributed by atoms with Crippen LogP contribution in [0.3, 0.4) is 0 Å². The molecular formula is C21H30F2N8O3S. The molecule has 192 valence electrons. The number of carbonyl (C=O) groups excluding carboxylic acids is 1. The van der Waals surface area contributed by atoms with E-state index in [-0.39, 0.29) is 37.4 Å². The van der Waals surface area contributed by atoms with Gasteiger partial charge in [-0.15, -0.1) is 0 Å². The molecule has 1 aliphatic rings. The van der Waals surface area contributed by atoms with Gasteiger partial charge in [0.2, 0.25) is 11.9 Å². The van der Waals surface area contributed by atoms with Crippen molar-refractivity contribution >= 4 is 38.4 Å². The third-order valence-electron chi connectivity index (χ3n) is 5.58. The van der Waals surface area contributed by atoms with Crippen LogP contribution in [0.5, 0.6) is 0 Å². The second-order valence-electron chi connectivity index (χ2n) is 8.49. The van der Waals surface area contributed by atoms with Crippen molar-refractivity contribution in [3.05, 3.63) is 24.8 Å². The molecule has 4 rings (SSSR count). The zero-order chi connectivity index (χ0) is 24.3. The summed E-state index contributed by atoms with van der Waals surface area (Å²) < 4.78 is 50.7. The van der Waals surface area contributed by atoms with Crippen LogP contribution in [0.25, 0.3) is 11.0 Å². The Bertz CT molecular complexity index is 1260. The number of piperidine rings is 1. The molecule has 0 aromatic carbocycles. The highest BCUT2D eigenvalue weighted by atomic mass is 32.2. The van der Waals surface area contributed by atoms with Crippen molar-refractivity contribution in [1.82, 2.24) is 34.4 Å². The van der Waals surface area contributed by atoms with Crippen molar-refractivity contribution in [3.8, 4) is 0 Å². The van der Waals surface area contributed by atoms with Gasteiger partial charge in [-0.3, -0.25) is 9.48 Å². The van der Waals surface area contributed by atoms with Crippen LogP contribution < -0.4 is 5.32 Å². The number of nitrogens with zero attached hydrogens (tertiary/aromatic N) is 7. The van der Waals surface area contributed by atoms with E-state index >= 15 is 0 Å². The second-order valence-corrected chi connectivity index (χ2v) is 10.8. The lowest BCUT2D eigenvalue weighted by Gasteiger charge is -2.32. The zero-order valence-corrected chi connectivity index (χ0v) is 19.5. The molecule has 1 N–H and O–H groups in total. The average Bonchev–Trinajstić information content (AvgIpc) is 3.38. The Morgan fingerprint density at radius 3 is 2.80 bits per heavy atom. The molecule has 0 aliphatic carbocycles. The molecule has 1 atom stereocenters. The molecule has 1 fully saturated rings. The van der Waals surface area contributed by atoms with Gasteiger partial charge in [0.25, 0.3) is 6.43 Å². The van der Waals surface area contributed by atoms with Crippen molar-refractivity contribution in [2.45, 2.75) is 46.2 Å². The van der Waals surface area contributed by atoms with Crippen molar-refractivity contribution in [2.75, 3.05) is 30.4 Å². The van der Waals surface area contributed by atoms with Crippen molar-refractivity contribution < 1.29 is 22.0 Å². The fourth-order valence-corrected chi connectivity index (χ4v) is 4.52. The number of hydrogen-bond acceptors (Lipinski definition) is 8. The minimum Gasteiger partial charge on any atom is -0.342 e. The summed E-state index contributed by atoms with van der Waals surface area (Å²) in [4.78, 5) is 22.9. The quantitative estimate of drug-likeness (QED) is 0.463. The molecule has 0 radical (unpaired) electrons. The number of carbonyl (C=O) groups is 1. The van der Waals surface area contributed by atoms with Gasteiger partial charge in [0.15, 0.2) is 5.65 Å². The molecule has 1 aliphatic heterocycles. The highest BCUT2D eigenvalue weighted by Gasteiger charge is 2.25. The Balaban J connectivity index is 0.00000342. The number of anilines is 2. The van der Waals surface area contributed by atoms with Crippen LogP contribution in [0.4, 0.5) is 20.4 Å². The van der Waals surface area contributed by atoms with E-state index in [4.69, 9.17) is 0 Å². The number of likely N-dealkylation sites (tertiary alicyclic amines) is 1. The summed E-state index contributed by atoms with van der Waals surface area (Å²) in [5.74, 6) is 0.136. The van der Waals surface area contributed by atoms with E-state index in [1.165, 1.54) is 12.4 Å². The SMILES string of the molecule is C.CS(=O)(=O)CCC(=O)N1CCCC(Cn2ncc3cnc(Nc4cnn(CC(F)F)c4)nc32)C1. The first kappa shape index (κ1) is 26.4. The van der Waals surface area contributed by atoms with E-state index in [9.17, 15) is 22.0 Å². The monoisotopic (exact) mass is 512 g/mol. The maximum absolute atomic E-state index is 12.5. The average molecular weight is 513 g/mol. The predicted molar refractivity (Wildman–Crippen MR) is 127 cm³/mol. The molecule has 1 amide bonds. The van der Waals surface area contributed by atoms with Crippen LogP contribution in [0.2, 0.25) is 0 Å². The molecular weight excluding hydrogens is 482 g/mol. The zero-order valence-electron chi connectivity index (χ0n) is 18.6. The summed E-state index contributed by atoms with van der Waals surface area (Å²) in [5, 5.41) is 12.0. The number of aromatic nitrogens is 6. The van der Waals surface area contributed by atoms with E-state index in [2.05, 4.69) is 25.5 Å². The van der Waals surface area contributed by atoms with Crippen LogP contribution in [0.1, 0.15) is 26.7 Å². The van der Waals surface area contributed by atoms with Crippen LogP contribution >= 0.6 is 0 Å². The smallest absolute Gasteiger partial charge is 0.257 e.